The number of rotatable bonds is 32. The van der Waals surface area contributed by atoms with Gasteiger partial charge in [-0.1, -0.05) is 121 Å². The lowest BCUT2D eigenvalue weighted by Crippen LogP contribution is -2.44. The van der Waals surface area contributed by atoms with E-state index in [0.717, 1.165) is 32.0 Å². The molecule has 0 aliphatic carbocycles. The number of benzene rings is 1. The number of anilines is 1. The molecule has 2 heterocycles. The summed E-state index contributed by atoms with van der Waals surface area (Å²) in [6, 6.07) is 6.09. The molecule has 59 heavy (non-hydrogen) atoms. The SMILES string of the molecule is CCCCCCCCCCCCCCCCCCOC[C@H](COP(=O)(O)OC[C@@H](OC#N)[C@@H](O)[C@@H](O)c1ccc2c(N)ncnn12)N(Cc1ccc(F)c(Cl)c1)C(C)=O. The second kappa shape index (κ2) is 27.5. The predicted molar refractivity (Wildman–Crippen MR) is 222 cm³/mol. The molecule has 1 amide bonds. The highest BCUT2D eigenvalue weighted by Crippen LogP contribution is 2.44. The van der Waals surface area contributed by atoms with Crippen LogP contribution in [0.4, 0.5) is 10.2 Å². The fraction of sp³-hybridized carbons (Fsp3) is 0.659. The lowest BCUT2D eigenvalue weighted by atomic mass is 10.0. The number of unbranched alkanes of at least 4 members (excludes halogenated alkanes) is 15. The zero-order valence-electron chi connectivity index (χ0n) is 34.4. The molecule has 0 radical (unpaired) electrons. The van der Waals surface area contributed by atoms with E-state index in [4.69, 9.17) is 35.9 Å². The Hall–Kier alpha value is -3.39. The zero-order chi connectivity index (χ0) is 43.0. The Morgan fingerprint density at radius 3 is 2.12 bits per heavy atom. The summed E-state index contributed by atoms with van der Waals surface area (Å²) in [6.07, 6.45) is 17.2. The first kappa shape index (κ1) is 50.0. The molecule has 0 aliphatic heterocycles. The largest absolute Gasteiger partial charge is 0.472 e. The third-order valence-corrected chi connectivity index (χ3v) is 11.4. The van der Waals surface area contributed by atoms with Gasteiger partial charge in [0.2, 0.25) is 5.91 Å². The van der Waals surface area contributed by atoms with Gasteiger partial charge in [-0.25, -0.2) is 18.5 Å². The molecule has 18 heteroatoms. The van der Waals surface area contributed by atoms with Crippen LogP contribution in [0.3, 0.4) is 0 Å². The third kappa shape index (κ3) is 18.0. The second-order valence-corrected chi connectivity index (χ2v) is 16.7. The average Bonchev–Trinajstić information content (AvgIpc) is 3.65. The summed E-state index contributed by atoms with van der Waals surface area (Å²) >= 11 is 5.99. The molecule has 1 unspecified atom stereocenters. The van der Waals surface area contributed by atoms with Crippen molar-refractivity contribution in [3.8, 4) is 6.26 Å². The number of phosphoric acid groups is 1. The van der Waals surface area contributed by atoms with Gasteiger partial charge in [0.25, 0.3) is 6.26 Å². The van der Waals surface area contributed by atoms with Crippen molar-refractivity contribution < 1.29 is 47.4 Å². The van der Waals surface area contributed by atoms with Crippen molar-refractivity contribution in [2.24, 2.45) is 0 Å². The maximum Gasteiger partial charge on any atom is 0.472 e. The molecule has 1 aromatic carbocycles. The molecule has 330 valence electrons. The Bertz CT molecular complexity index is 1770. The van der Waals surface area contributed by atoms with Crippen LogP contribution < -0.4 is 5.73 Å². The predicted octanol–water partition coefficient (Wildman–Crippen LogP) is 8.19. The number of halogens is 2. The van der Waals surface area contributed by atoms with Crippen LogP contribution in [0, 0.1) is 17.3 Å². The maximum absolute atomic E-state index is 13.9. The smallest absolute Gasteiger partial charge is 0.419 e. The van der Waals surface area contributed by atoms with Crippen LogP contribution in [0.5, 0.6) is 0 Å². The van der Waals surface area contributed by atoms with Crippen LogP contribution in [-0.2, 0) is 34.4 Å². The molecule has 5 N–H and O–H groups in total. The molecule has 15 nitrogen and oxygen atoms in total. The van der Waals surface area contributed by atoms with E-state index >= 15 is 0 Å². The van der Waals surface area contributed by atoms with Gasteiger partial charge in [-0.15, -0.1) is 0 Å². The Kier molecular flexibility index (Phi) is 23.3. The standard InChI is InChI=1S/C41H63ClFN6O9P/c1-3-4-5-6-7-8-9-10-11-12-13-14-15-16-17-18-23-55-26-33(48(31(2)50)25-32-19-20-35(43)34(42)24-32)27-57-59(53,54)58-28-38(56-29-44)40(52)39(51)36-21-22-37-41(45)46-30-47-49(36)37/h19-22,24,30,33,38-40,51-52H,3-18,23,25-28H2,1-2H3,(H,53,54)(H2,45,46,47)/t33-,38-,39+,40-/m1/s1. The highest BCUT2D eigenvalue weighted by molar-refractivity contribution is 7.47. The Labute approximate surface area is 352 Å². The first-order valence-corrected chi connectivity index (χ1v) is 22.7. The van der Waals surface area contributed by atoms with Crippen LogP contribution in [0.1, 0.15) is 134 Å². The number of hydrogen-bond acceptors (Lipinski definition) is 12. The number of aliphatic hydroxyl groups is 2. The molecule has 5 atom stereocenters. The Morgan fingerprint density at radius 1 is 0.949 bits per heavy atom. The first-order chi connectivity index (χ1) is 28.4. The number of nitrogen functional groups attached to an aromatic ring is 1. The van der Waals surface area contributed by atoms with Gasteiger partial charge in [-0.3, -0.25) is 13.8 Å². The van der Waals surface area contributed by atoms with Crippen molar-refractivity contribution in [2.75, 3.05) is 32.2 Å². The third-order valence-electron chi connectivity index (χ3n) is 10.2. The van der Waals surface area contributed by atoms with Crippen LogP contribution in [0.25, 0.3) is 5.52 Å². The number of aliphatic hydroxyl groups excluding tert-OH is 2. The molecule has 3 rings (SSSR count). The zero-order valence-corrected chi connectivity index (χ0v) is 36.1. The van der Waals surface area contributed by atoms with Gasteiger partial charge in [-0.05, 0) is 36.2 Å². The minimum absolute atomic E-state index is 0.0322. The maximum atomic E-state index is 13.9. The Morgan fingerprint density at radius 2 is 1.54 bits per heavy atom. The summed E-state index contributed by atoms with van der Waals surface area (Å²) in [7, 11) is -4.93. The van der Waals surface area contributed by atoms with Crippen LogP contribution in [0.2, 0.25) is 5.02 Å². The van der Waals surface area contributed by atoms with Crippen molar-refractivity contribution >= 4 is 36.7 Å². The summed E-state index contributed by atoms with van der Waals surface area (Å²) < 4.78 is 49.5. The van der Waals surface area contributed by atoms with E-state index < -0.39 is 57.1 Å². The van der Waals surface area contributed by atoms with Crippen molar-refractivity contribution in [1.82, 2.24) is 19.5 Å². The first-order valence-electron chi connectivity index (χ1n) is 20.8. The van der Waals surface area contributed by atoms with E-state index in [1.165, 1.54) is 130 Å². The van der Waals surface area contributed by atoms with E-state index in [2.05, 4.69) is 17.0 Å². The number of carbonyl (C=O) groups excluding carboxylic acids is 1. The number of aromatic nitrogens is 3. The molecule has 0 fully saturated rings. The Balaban J connectivity index is 1.50. The van der Waals surface area contributed by atoms with Crippen molar-refractivity contribution in [2.45, 2.75) is 147 Å². The highest BCUT2D eigenvalue weighted by Gasteiger charge is 2.35. The molecule has 0 bridgehead atoms. The molecule has 0 saturated heterocycles. The number of nitriles is 1. The lowest BCUT2D eigenvalue weighted by molar-refractivity contribution is -0.134. The van der Waals surface area contributed by atoms with Crippen molar-refractivity contribution in [3.05, 3.63) is 58.8 Å². The lowest BCUT2D eigenvalue weighted by Gasteiger charge is -2.31. The summed E-state index contributed by atoms with van der Waals surface area (Å²) in [5.41, 5.74) is 6.78. The fourth-order valence-electron chi connectivity index (χ4n) is 6.76. The summed E-state index contributed by atoms with van der Waals surface area (Å²) in [5.74, 6) is -0.918. The molecule has 3 aromatic rings. The number of amides is 1. The minimum atomic E-state index is -4.93. The van der Waals surface area contributed by atoms with Gasteiger partial charge in [0.05, 0.1) is 36.6 Å². The average molecular weight is 869 g/mol. The molecule has 0 aliphatic rings. The van der Waals surface area contributed by atoms with E-state index in [-0.39, 0.29) is 29.7 Å². The molecule has 0 saturated carbocycles. The topological polar surface area (TPSA) is 215 Å². The number of nitrogens with two attached hydrogens (primary N) is 1. The normalized spacial score (nSPS) is 14.7. The highest BCUT2D eigenvalue weighted by atomic mass is 35.5. The quantitative estimate of drug-likeness (QED) is 0.0265. The monoisotopic (exact) mass is 868 g/mol. The second-order valence-electron chi connectivity index (χ2n) is 14.9. The van der Waals surface area contributed by atoms with E-state index in [0.29, 0.717) is 17.7 Å². The van der Waals surface area contributed by atoms with E-state index in [1.54, 1.807) is 0 Å². The minimum Gasteiger partial charge on any atom is -0.419 e. The van der Waals surface area contributed by atoms with E-state index in [9.17, 15) is 34.1 Å². The molecular formula is C41H63ClFN6O9P. The van der Waals surface area contributed by atoms with Crippen LogP contribution in [0.15, 0.2) is 36.7 Å². The number of nitrogens with zero attached hydrogens (tertiary/aromatic N) is 5. The number of phosphoric ester groups is 1. The summed E-state index contributed by atoms with van der Waals surface area (Å²) in [4.78, 5) is 28.8. The molecule has 0 spiro atoms. The molecule has 2 aromatic heterocycles. The molecular weight excluding hydrogens is 806 g/mol. The summed E-state index contributed by atoms with van der Waals surface area (Å²) in [6.45, 7) is 2.48. The van der Waals surface area contributed by atoms with Gasteiger partial charge in [0.1, 0.15) is 29.9 Å². The van der Waals surface area contributed by atoms with Crippen molar-refractivity contribution in [3.63, 3.8) is 0 Å². The van der Waals surface area contributed by atoms with Gasteiger partial charge in [-0.2, -0.15) is 10.4 Å². The fourth-order valence-corrected chi connectivity index (χ4v) is 7.74. The van der Waals surface area contributed by atoms with Gasteiger partial charge in [0, 0.05) is 20.1 Å². The number of carbonyl (C=O) groups is 1. The van der Waals surface area contributed by atoms with Gasteiger partial charge >= 0.3 is 7.82 Å². The van der Waals surface area contributed by atoms with E-state index in [1.807, 2.05) is 0 Å². The van der Waals surface area contributed by atoms with Crippen LogP contribution >= 0.6 is 19.4 Å². The summed E-state index contributed by atoms with van der Waals surface area (Å²) in [5, 5.41) is 34.9. The van der Waals surface area contributed by atoms with Gasteiger partial charge in [0.15, 0.2) is 11.9 Å². The van der Waals surface area contributed by atoms with Crippen LogP contribution in [-0.4, -0.2) is 85.2 Å². The van der Waals surface area contributed by atoms with Gasteiger partial charge < -0.3 is 35.2 Å². The number of ether oxygens (including phenoxy) is 2. The number of fused-ring (bicyclic) bond motifs is 1. The number of hydrogen-bond donors (Lipinski definition) is 4. The van der Waals surface area contributed by atoms with Crippen molar-refractivity contribution in [1.29, 1.82) is 5.26 Å².